The minimum absolute atomic E-state index is 0.119. The van der Waals surface area contributed by atoms with Crippen LogP contribution in [-0.4, -0.2) is 18.3 Å². The Balaban J connectivity index is 1.51. The molecule has 0 bridgehead atoms. The van der Waals surface area contributed by atoms with Crippen molar-refractivity contribution < 1.29 is 9.84 Å². The van der Waals surface area contributed by atoms with Crippen LogP contribution in [0.2, 0.25) is 5.02 Å². The molecule has 0 saturated heterocycles. The maximum Gasteiger partial charge on any atom is 0.129 e. The van der Waals surface area contributed by atoms with Crippen LogP contribution in [0.15, 0.2) is 61.2 Å². The standard InChI is InChI=1S/C32H43ClO2S/c1-7-32(6,20-34)21-35-25(5)31-15-14-28(36-31)11-9-13-30-24(4)18-23(3)29(30)12-8-10-26-16-22(2)17-27(33)19-26/h8,12,14-17,19,23,29-30,34H,4-5,7,9-11,13,18,20-21H2,1-3,6H3/t23-,29?,30+,32?/m1/s1. The molecule has 1 aromatic carbocycles. The fourth-order valence-corrected chi connectivity index (χ4v) is 6.42. The number of halogens is 1. The van der Waals surface area contributed by atoms with E-state index in [-0.39, 0.29) is 12.0 Å². The molecule has 2 unspecified atom stereocenters. The van der Waals surface area contributed by atoms with Gasteiger partial charge in [0.15, 0.2) is 0 Å². The highest BCUT2D eigenvalue weighted by atomic mass is 35.5. The van der Waals surface area contributed by atoms with E-state index in [9.17, 15) is 5.11 Å². The molecule has 1 fully saturated rings. The fraction of sp³-hybridized carbons (Fsp3) is 0.500. The van der Waals surface area contributed by atoms with E-state index in [1.165, 1.54) is 28.0 Å². The van der Waals surface area contributed by atoms with E-state index in [0.29, 0.717) is 30.1 Å². The summed E-state index contributed by atoms with van der Waals surface area (Å²) in [6.45, 7) is 17.7. The number of thiophene rings is 1. The molecule has 1 N–H and O–H groups in total. The lowest BCUT2D eigenvalue weighted by Crippen LogP contribution is -2.26. The summed E-state index contributed by atoms with van der Waals surface area (Å²) >= 11 is 8.01. The number of rotatable bonds is 13. The molecule has 2 nitrogen and oxygen atoms in total. The van der Waals surface area contributed by atoms with Crippen LogP contribution < -0.4 is 0 Å². The van der Waals surface area contributed by atoms with Crippen molar-refractivity contribution in [2.75, 3.05) is 13.2 Å². The average Bonchev–Trinajstić information content (AvgIpc) is 3.41. The number of ether oxygens (including phenoxy) is 1. The SMILES string of the molecule is C=C(OCC(C)(CC)CO)c1ccc(CCC[C@H]2C(=C)C[C@@H](C)C2C=CCc2cc(C)cc(Cl)c2)s1. The molecule has 0 amide bonds. The van der Waals surface area contributed by atoms with Gasteiger partial charge in [-0.25, -0.2) is 0 Å². The predicted molar refractivity (Wildman–Crippen MR) is 157 cm³/mol. The van der Waals surface area contributed by atoms with Crippen molar-refractivity contribution in [3.63, 3.8) is 0 Å². The summed E-state index contributed by atoms with van der Waals surface area (Å²) in [7, 11) is 0. The van der Waals surface area contributed by atoms with Crippen LogP contribution in [0, 0.1) is 30.1 Å². The summed E-state index contributed by atoms with van der Waals surface area (Å²) in [6, 6.07) is 10.6. The summed E-state index contributed by atoms with van der Waals surface area (Å²) < 4.78 is 5.93. The minimum atomic E-state index is -0.220. The van der Waals surface area contributed by atoms with Crippen molar-refractivity contribution in [1.29, 1.82) is 0 Å². The highest BCUT2D eigenvalue weighted by Gasteiger charge is 2.33. The molecule has 0 radical (unpaired) electrons. The maximum atomic E-state index is 9.61. The Morgan fingerprint density at radius 1 is 1.31 bits per heavy atom. The topological polar surface area (TPSA) is 29.5 Å². The first-order valence-corrected chi connectivity index (χ1v) is 14.5. The number of hydrogen-bond acceptors (Lipinski definition) is 3. The van der Waals surface area contributed by atoms with Crippen molar-refractivity contribution in [1.82, 2.24) is 0 Å². The van der Waals surface area contributed by atoms with Crippen LogP contribution in [0.1, 0.15) is 67.3 Å². The van der Waals surface area contributed by atoms with Crippen LogP contribution >= 0.6 is 22.9 Å². The van der Waals surface area contributed by atoms with Gasteiger partial charge in [-0.3, -0.25) is 0 Å². The fourth-order valence-electron chi connectivity index (χ4n) is 5.13. The average molecular weight is 527 g/mol. The molecule has 1 aromatic heterocycles. The van der Waals surface area contributed by atoms with Gasteiger partial charge < -0.3 is 9.84 Å². The van der Waals surface area contributed by atoms with E-state index < -0.39 is 0 Å². The van der Waals surface area contributed by atoms with E-state index >= 15 is 0 Å². The summed E-state index contributed by atoms with van der Waals surface area (Å²) in [6.07, 6.45) is 11.1. The quantitative estimate of drug-likeness (QED) is 0.208. The van der Waals surface area contributed by atoms with Gasteiger partial charge in [0, 0.05) is 15.3 Å². The molecule has 1 aliphatic rings. The molecular formula is C32H43ClO2S. The summed E-state index contributed by atoms with van der Waals surface area (Å²) in [4.78, 5) is 2.45. The molecule has 1 saturated carbocycles. The van der Waals surface area contributed by atoms with Gasteiger partial charge >= 0.3 is 0 Å². The Morgan fingerprint density at radius 2 is 2.08 bits per heavy atom. The Morgan fingerprint density at radius 3 is 2.78 bits per heavy atom. The van der Waals surface area contributed by atoms with Gasteiger partial charge in [0.25, 0.3) is 0 Å². The second kappa shape index (κ2) is 13.1. The Bertz CT molecular complexity index is 1040. The zero-order valence-corrected chi connectivity index (χ0v) is 24.1. The van der Waals surface area contributed by atoms with Crippen LogP contribution in [0.3, 0.4) is 0 Å². The summed E-state index contributed by atoms with van der Waals surface area (Å²) in [5.74, 6) is 2.46. The first-order chi connectivity index (χ1) is 17.1. The molecule has 4 atom stereocenters. The first-order valence-electron chi connectivity index (χ1n) is 13.3. The molecule has 0 spiro atoms. The number of aliphatic hydroxyl groups is 1. The summed E-state index contributed by atoms with van der Waals surface area (Å²) in [5, 5.41) is 10.4. The number of aryl methyl sites for hydroxylation is 2. The van der Waals surface area contributed by atoms with E-state index in [2.05, 4.69) is 70.3 Å². The smallest absolute Gasteiger partial charge is 0.129 e. The first kappa shape index (κ1) is 28.8. The number of hydrogen-bond donors (Lipinski definition) is 1. The van der Waals surface area contributed by atoms with Gasteiger partial charge in [-0.15, -0.1) is 11.3 Å². The van der Waals surface area contributed by atoms with E-state index in [0.717, 1.165) is 42.0 Å². The number of benzene rings is 1. The van der Waals surface area contributed by atoms with Gasteiger partial charge in [0.2, 0.25) is 0 Å². The third-order valence-corrected chi connectivity index (χ3v) is 9.15. The molecule has 1 heterocycles. The van der Waals surface area contributed by atoms with E-state index in [1.807, 2.05) is 13.0 Å². The molecule has 1 aliphatic carbocycles. The largest absolute Gasteiger partial charge is 0.492 e. The highest BCUT2D eigenvalue weighted by Crippen LogP contribution is 2.44. The normalized spacial score (nSPS) is 21.7. The molecule has 4 heteroatoms. The Labute approximate surface area is 227 Å². The Kier molecular flexibility index (Phi) is 10.5. The number of aliphatic hydroxyl groups excluding tert-OH is 1. The number of allylic oxidation sites excluding steroid dienone is 3. The van der Waals surface area contributed by atoms with Crippen LogP contribution in [0.4, 0.5) is 0 Å². The predicted octanol–water partition coefficient (Wildman–Crippen LogP) is 9.06. The Hall–Kier alpha value is -1.81. The zero-order chi connectivity index (χ0) is 26.3. The van der Waals surface area contributed by atoms with Crippen molar-refractivity contribution in [2.24, 2.45) is 23.2 Å². The van der Waals surface area contributed by atoms with Gasteiger partial charge in [-0.1, -0.05) is 69.3 Å². The summed E-state index contributed by atoms with van der Waals surface area (Å²) in [5.41, 5.74) is 3.67. The molecule has 0 aliphatic heterocycles. The minimum Gasteiger partial charge on any atom is -0.492 e. The van der Waals surface area contributed by atoms with E-state index in [4.69, 9.17) is 16.3 Å². The zero-order valence-electron chi connectivity index (χ0n) is 22.5. The third-order valence-electron chi connectivity index (χ3n) is 7.75. The lowest BCUT2D eigenvalue weighted by Gasteiger charge is -2.25. The van der Waals surface area contributed by atoms with Crippen LogP contribution in [-0.2, 0) is 17.6 Å². The van der Waals surface area contributed by atoms with Gasteiger partial charge in [-0.2, -0.15) is 0 Å². The lowest BCUT2D eigenvalue weighted by atomic mass is 9.85. The van der Waals surface area contributed by atoms with Crippen LogP contribution in [0.5, 0.6) is 0 Å². The second-order valence-corrected chi connectivity index (χ2v) is 12.6. The molecular weight excluding hydrogens is 484 g/mol. The molecule has 196 valence electrons. The highest BCUT2D eigenvalue weighted by molar-refractivity contribution is 7.13. The van der Waals surface area contributed by atoms with Gasteiger partial charge in [0.05, 0.1) is 18.1 Å². The van der Waals surface area contributed by atoms with Crippen molar-refractivity contribution >= 4 is 28.7 Å². The van der Waals surface area contributed by atoms with E-state index in [1.54, 1.807) is 11.3 Å². The maximum absolute atomic E-state index is 9.61. The van der Waals surface area contributed by atoms with Crippen molar-refractivity contribution in [2.45, 2.75) is 66.2 Å². The van der Waals surface area contributed by atoms with Gasteiger partial charge in [0.1, 0.15) is 5.76 Å². The van der Waals surface area contributed by atoms with Crippen molar-refractivity contribution in [3.05, 3.63) is 87.1 Å². The van der Waals surface area contributed by atoms with Crippen LogP contribution in [0.25, 0.3) is 5.76 Å². The van der Waals surface area contributed by atoms with Crippen molar-refractivity contribution in [3.8, 4) is 0 Å². The lowest BCUT2D eigenvalue weighted by molar-refractivity contribution is 0.0663. The second-order valence-electron chi connectivity index (χ2n) is 11.0. The van der Waals surface area contributed by atoms with Gasteiger partial charge in [-0.05, 0) is 98.6 Å². The molecule has 3 rings (SSSR count). The molecule has 2 aromatic rings. The monoisotopic (exact) mass is 526 g/mol. The third kappa shape index (κ3) is 7.84. The molecule has 36 heavy (non-hydrogen) atoms.